The van der Waals surface area contributed by atoms with Crippen molar-refractivity contribution in [2.75, 3.05) is 13.1 Å². The minimum absolute atomic E-state index is 0. The van der Waals surface area contributed by atoms with E-state index in [1.54, 1.807) is 6.20 Å². The summed E-state index contributed by atoms with van der Waals surface area (Å²) < 4.78 is 0. The fourth-order valence-corrected chi connectivity index (χ4v) is 3.57. The predicted octanol–water partition coefficient (Wildman–Crippen LogP) is 2.46. The van der Waals surface area contributed by atoms with Gasteiger partial charge in [0.1, 0.15) is 0 Å². The maximum absolute atomic E-state index is 12.9. The number of benzene rings is 1. The molecular formula is C17H21ClN4O. The van der Waals surface area contributed by atoms with Gasteiger partial charge in [-0.15, -0.1) is 12.4 Å². The number of H-pyrrole nitrogens is 1. The summed E-state index contributed by atoms with van der Waals surface area (Å²) in [7, 11) is 0. The minimum Gasteiger partial charge on any atom is -0.337 e. The Morgan fingerprint density at radius 1 is 1.13 bits per heavy atom. The van der Waals surface area contributed by atoms with Crippen LogP contribution in [0.15, 0.2) is 36.5 Å². The molecule has 0 saturated carbocycles. The molecule has 2 N–H and O–H groups in total. The highest BCUT2D eigenvalue weighted by molar-refractivity contribution is 5.99. The number of hydrogen-bond acceptors (Lipinski definition) is 3. The number of carbonyl (C=O) groups is 1. The van der Waals surface area contributed by atoms with E-state index >= 15 is 0 Å². The molecule has 3 heterocycles. The molecule has 2 aliphatic rings. The van der Waals surface area contributed by atoms with Crippen molar-refractivity contribution >= 4 is 18.3 Å². The molecule has 1 amide bonds. The molecule has 2 atom stereocenters. The van der Waals surface area contributed by atoms with Crippen LogP contribution in [0, 0.1) is 0 Å². The van der Waals surface area contributed by atoms with Crippen LogP contribution < -0.4 is 5.32 Å². The zero-order chi connectivity index (χ0) is 14.9. The first-order chi connectivity index (χ1) is 10.8. The first-order valence-electron chi connectivity index (χ1n) is 7.95. The van der Waals surface area contributed by atoms with E-state index in [0.717, 1.165) is 30.8 Å². The Morgan fingerprint density at radius 2 is 1.91 bits per heavy atom. The number of halogens is 1. The first-order valence-corrected chi connectivity index (χ1v) is 7.95. The predicted molar refractivity (Wildman–Crippen MR) is 91.7 cm³/mol. The molecule has 5 nitrogen and oxygen atoms in total. The molecule has 2 unspecified atom stereocenters. The molecule has 122 valence electrons. The van der Waals surface area contributed by atoms with E-state index in [4.69, 9.17) is 0 Å². The molecule has 2 aliphatic heterocycles. The van der Waals surface area contributed by atoms with Crippen molar-refractivity contribution in [2.45, 2.75) is 31.3 Å². The van der Waals surface area contributed by atoms with Crippen molar-refractivity contribution in [1.29, 1.82) is 0 Å². The highest BCUT2D eigenvalue weighted by Gasteiger charge is 2.32. The number of aromatic nitrogens is 2. The summed E-state index contributed by atoms with van der Waals surface area (Å²) in [5.41, 5.74) is 2.48. The Labute approximate surface area is 141 Å². The van der Waals surface area contributed by atoms with Gasteiger partial charge >= 0.3 is 0 Å². The van der Waals surface area contributed by atoms with Gasteiger partial charge < -0.3 is 10.2 Å². The summed E-state index contributed by atoms with van der Waals surface area (Å²) in [6.45, 7) is 1.63. The number of carbonyl (C=O) groups excluding carboxylic acids is 1. The molecular weight excluding hydrogens is 312 g/mol. The average Bonchev–Trinajstić information content (AvgIpc) is 3.14. The molecule has 2 aromatic rings. The number of fused-ring (bicyclic) bond motifs is 2. The van der Waals surface area contributed by atoms with Crippen LogP contribution in [0.25, 0.3) is 11.3 Å². The zero-order valence-corrected chi connectivity index (χ0v) is 13.7. The summed E-state index contributed by atoms with van der Waals surface area (Å²) >= 11 is 0. The third kappa shape index (κ3) is 3.12. The van der Waals surface area contributed by atoms with Crippen LogP contribution >= 0.6 is 12.4 Å². The quantitative estimate of drug-likeness (QED) is 0.888. The maximum Gasteiger partial charge on any atom is 0.257 e. The third-order valence-corrected chi connectivity index (χ3v) is 4.74. The standard InChI is InChI=1S/C17H20N4O.ClH/c22-17(21-9-8-13-6-7-14(11-21)19-13)15-10-18-20-16(15)12-4-2-1-3-5-12;/h1-5,10,13-14,19H,6-9,11H2,(H,18,20);1H. The van der Waals surface area contributed by atoms with Gasteiger partial charge in [0, 0.05) is 30.7 Å². The summed E-state index contributed by atoms with van der Waals surface area (Å²) in [5, 5.41) is 10.7. The second kappa shape index (κ2) is 6.72. The number of hydrogen-bond donors (Lipinski definition) is 2. The molecule has 0 radical (unpaired) electrons. The number of aromatic amines is 1. The zero-order valence-electron chi connectivity index (χ0n) is 12.9. The molecule has 1 aromatic carbocycles. The van der Waals surface area contributed by atoms with Gasteiger partial charge in [-0.1, -0.05) is 30.3 Å². The monoisotopic (exact) mass is 332 g/mol. The van der Waals surface area contributed by atoms with Crippen LogP contribution in [0.2, 0.25) is 0 Å². The molecule has 1 aromatic heterocycles. The minimum atomic E-state index is 0. The molecule has 2 saturated heterocycles. The van der Waals surface area contributed by atoms with Gasteiger partial charge in [-0.3, -0.25) is 9.89 Å². The van der Waals surface area contributed by atoms with E-state index in [1.807, 2.05) is 35.2 Å². The van der Waals surface area contributed by atoms with Gasteiger partial charge in [-0.05, 0) is 19.3 Å². The first kappa shape index (κ1) is 16.0. The number of rotatable bonds is 2. The van der Waals surface area contributed by atoms with E-state index in [0.29, 0.717) is 17.6 Å². The molecule has 2 fully saturated rings. The van der Waals surface area contributed by atoms with Crippen molar-refractivity contribution in [1.82, 2.24) is 20.4 Å². The highest BCUT2D eigenvalue weighted by atomic mass is 35.5. The van der Waals surface area contributed by atoms with E-state index < -0.39 is 0 Å². The Bertz CT molecular complexity index is 672. The summed E-state index contributed by atoms with van der Waals surface area (Å²) in [4.78, 5) is 14.9. The van der Waals surface area contributed by atoms with Crippen molar-refractivity contribution in [2.24, 2.45) is 0 Å². The largest absolute Gasteiger partial charge is 0.337 e. The van der Waals surface area contributed by atoms with Gasteiger partial charge in [0.25, 0.3) is 5.91 Å². The average molecular weight is 333 g/mol. The van der Waals surface area contributed by atoms with E-state index in [9.17, 15) is 4.79 Å². The second-order valence-electron chi connectivity index (χ2n) is 6.20. The lowest BCUT2D eigenvalue weighted by Crippen LogP contribution is -2.39. The molecule has 6 heteroatoms. The fraction of sp³-hybridized carbons (Fsp3) is 0.412. The van der Waals surface area contributed by atoms with Gasteiger partial charge in [-0.2, -0.15) is 5.10 Å². The van der Waals surface area contributed by atoms with Crippen LogP contribution in [-0.2, 0) is 0 Å². The van der Waals surface area contributed by atoms with Gasteiger partial charge in [-0.25, -0.2) is 0 Å². The Hall–Kier alpha value is -1.85. The maximum atomic E-state index is 12.9. The second-order valence-corrected chi connectivity index (χ2v) is 6.20. The van der Waals surface area contributed by atoms with Crippen LogP contribution in [0.1, 0.15) is 29.6 Å². The van der Waals surface area contributed by atoms with E-state index in [-0.39, 0.29) is 18.3 Å². The van der Waals surface area contributed by atoms with Crippen LogP contribution in [0.5, 0.6) is 0 Å². The molecule has 0 spiro atoms. The van der Waals surface area contributed by atoms with Gasteiger partial charge in [0.2, 0.25) is 0 Å². The SMILES string of the molecule is Cl.O=C(c1cn[nH]c1-c1ccccc1)N1CCC2CCC(C1)N2. The highest BCUT2D eigenvalue weighted by Crippen LogP contribution is 2.25. The fourth-order valence-electron chi connectivity index (χ4n) is 3.57. The smallest absolute Gasteiger partial charge is 0.257 e. The Morgan fingerprint density at radius 3 is 2.74 bits per heavy atom. The van der Waals surface area contributed by atoms with Gasteiger partial charge in [0.15, 0.2) is 0 Å². The van der Waals surface area contributed by atoms with Crippen molar-refractivity contribution < 1.29 is 4.79 Å². The Kier molecular flexibility index (Phi) is 4.68. The molecule has 4 rings (SSSR count). The molecule has 2 bridgehead atoms. The van der Waals surface area contributed by atoms with Crippen LogP contribution in [-0.4, -0.2) is 46.2 Å². The normalized spacial score (nSPS) is 23.2. The van der Waals surface area contributed by atoms with Crippen molar-refractivity contribution in [3.8, 4) is 11.3 Å². The summed E-state index contributed by atoms with van der Waals surface area (Å²) in [6, 6.07) is 10.9. The lowest BCUT2D eigenvalue weighted by atomic mass is 10.1. The van der Waals surface area contributed by atoms with Crippen LogP contribution in [0.4, 0.5) is 0 Å². The lowest BCUT2D eigenvalue weighted by molar-refractivity contribution is 0.0749. The van der Waals surface area contributed by atoms with E-state index in [2.05, 4.69) is 15.5 Å². The number of amides is 1. The van der Waals surface area contributed by atoms with Crippen LogP contribution in [0.3, 0.4) is 0 Å². The van der Waals surface area contributed by atoms with Gasteiger partial charge in [0.05, 0.1) is 17.5 Å². The van der Waals surface area contributed by atoms with Crippen molar-refractivity contribution in [3.63, 3.8) is 0 Å². The summed E-state index contributed by atoms with van der Waals surface area (Å²) in [6.07, 6.45) is 5.11. The number of nitrogens with one attached hydrogen (secondary N) is 2. The molecule has 23 heavy (non-hydrogen) atoms. The number of nitrogens with zero attached hydrogens (tertiary/aromatic N) is 2. The topological polar surface area (TPSA) is 61.0 Å². The van der Waals surface area contributed by atoms with Crippen molar-refractivity contribution in [3.05, 3.63) is 42.1 Å². The lowest BCUT2D eigenvalue weighted by Gasteiger charge is -2.24. The van der Waals surface area contributed by atoms with E-state index in [1.165, 1.54) is 12.8 Å². The number of likely N-dealkylation sites (tertiary alicyclic amines) is 1. The Balaban J connectivity index is 0.00000156. The molecule has 0 aliphatic carbocycles. The summed E-state index contributed by atoms with van der Waals surface area (Å²) in [5.74, 6) is 0.0851. The third-order valence-electron chi connectivity index (χ3n) is 4.74.